The predicted molar refractivity (Wildman–Crippen MR) is 104 cm³/mol. The Morgan fingerprint density at radius 1 is 1.15 bits per heavy atom. The average Bonchev–Trinajstić information content (AvgIpc) is 3.02. The van der Waals surface area contributed by atoms with Gasteiger partial charge in [-0.25, -0.2) is 8.42 Å². The Balaban J connectivity index is 1.56. The molecule has 0 bridgehead atoms. The van der Waals surface area contributed by atoms with E-state index in [9.17, 15) is 13.2 Å². The molecule has 0 radical (unpaired) electrons. The van der Waals surface area contributed by atoms with E-state index in [0.29, 0.717) is 49.9 Å². The first-order valence-corrected chi connectivity index (χ1v) is 11.1. The Bertz CT molecular complexity index is 766. The van der Waals surface area contributed by atoms with Gasteiger partial charge < -0.3 is 9.64 Å². The lowest BCUT2D eigenvalue weighted by Gasteiger charge is -2.36. The molecule has 2 aliphatic rings. The fourth-order valence-corrected chi connectivity index (χ4v) is 5.51. The van der Waals surface area contributed by atoms with Crippen LogP contribution in [-0.2, 0) is 25.3 Å². The third-order valence-electron chi connectivity index (χ3n) is 5.24. The smallest absolute Gasteiger partial charge is 0.240 e. The van der Waals surface area contributed by atoms with Gasteiger partial charge in [0.05, 0.1) is 18.4 Å². The zero-order valence-electron chi connectivity index (χ0n) is 15.5. The molecule has 2 saturated heterocycles. The van der Waals surface area contributed by atoms with E-state index in [2.05, 4.69) is 4.90 Å². The molecule has 0 saturated carbocycles. The van der Waals surface area contributed by atoms with E-state index in [1.54, 1.807) is 31.4 Å². The number of methoxy groups -OCH3 is 1. The van der Waals surface area contributed by atoms with Crippen molar-refractivity contribution < 1.29 is 17.9 Å². The lowest BCUT2D eigenvalue weighted by molar-refractivity contribution is -0.133. The molecular formula is C18H26ClN3O4S. The number of rotatable bonds is 7. The number of ether oxygens (including phenoxy) is 1. The molecule has 1 aromatic rings. The number of hydrogen-bond donors (Lipinski definition) is 0. The maximum Gasteiger partial charge on any atom is 0.240 e. The minimum absolute atomic E-state index is 0.0974. The van der Waals surface area contributed by atoms with Gasteiger partial charge in [0.15, 0.2) is 0 Å². The van der Waals surface area contributed by atoms with Crippen LogP contribution in [-0.4, -0.2) is 87.5 Å². The number of piperazine rings is 1. The van der Waals surface area contributed by atoms with Gasteiger partial charge >= 0.3 is 0 Å². The van der Waals surface area contributed by atoms with Crippen molar-refractivity contribution in [2.24, 2.45) is 0 Å². The number of nitrogens with zero attached hydrogens (tertiary/aromatic N) is 3. The highest BCUT2D eigenvalue weighted by Gasteiger charge is 2.38. The molecule has 0 aromatic heterocycles. The zero-order valence-corrected chi connectivity index (χ0v) is 17.1. The van der Waals surface area contributed by atoms with Gasteiger partial charge in [-0.05, 0) is 18.1 Å². The monoisotopic (exact) mass is 415 g/mol. The van der Waals surface area contributed by atoms with Crippen molar-refractivity contribution in [3.8, 4) is 0 Å². The first kappa shape index (κ1) is 20.5. The van der Waals surface area contributed by atoms with Crippen molar-refractivity contribution in [3.63, 3.8) is 0 Å². The van der Waals surface area contributed by atoms with Crippen LogP contribution >= 0.6 is 11.6 Å². The van der Waals surface area contributed by atoms with Crippen molar-refractivity contribution in [1.29, 1.82) is 0 Å². The van der Waals surface area contributed by atoms with Crippen molar-refractivity contribution in [3.05, 3.63) is 34.9 Å². The molecule has 2 fully saturated rings. The fourth-order valence-electron chi connectivity index (χ4n) is 3.68. The Hall–Kier alpha value is -1.19. The molecule has 1 unspecified atom stereocenters. The first-order valence-electron chi connectivity index (χ1n) is 9.15. The first-order chi connectivity index (χ1) is 12.9. The number of carbonyl (C=O) groups excluding carboxylic acids is 1. The highest BCUT2D eigenvalue weighted by atomic mass is 35.5. The van der Waals surface area contributed by atoms with Crippen LogP contribution in [0.2, 0.25) is 5.02 Å². The van der Waals surface area contributed by atoms with Crippen LogP contribution in [0.15, 0.2) is 24.3 Å². The number of carbonyl (C=O) groups is 1. The quantitative estimate of drug-likeness (QED) is 0.665. The molecule has 7 nitrogen and oxygen atoms in total. The van der Waals surface area contributed by atoms with Crippen LogP contribution in [0.5, 0.6) is 0 Å². The Morgan fingerprint density at radius 2 is 1.85 bits per heavy atom. The summed E-state index contributed by atoms with van der Waals surface area (Å²) in [6.45, 7) is 3.80. The largest absolute Gasteiger partial charge is 0.383 e. The molecule has 0 N–H and O–H groups in total. The fraction of sp³-hybridized carbons (Fsp3) is 0.611. The second-order valence-corrected chi connectivity index (χ2v) is 9.28. The summed E-state index contributed by atoms with van der Waals surface area (Å²) in [6, 6.07) is 6.87. The number of hydrogen-bond acceptors (Lipinski definition) is 5. The summed E-state index contributed by atoms with van der Waals surface area (Å²) < 4.78 is 32.0. The third kappa shape index (κ3) is 4.81. The number of benzene rings is 1. The second kappa shape index (κ2) is 8.87. The zero-order chi connectivity index (χ0) is 19.4. The van der Waals surface area contributed by atoms with Gasteiger partial charge in [0.25, 0.3) is 0 Å². The highest BCUT2D eigenvalue weighted by molar-refractivity contribution is 7.88. The standard InChI is InChI=1S/C18H26ClN3O4S/c1-26-13-12-21-7-6-17(18(21)23)20-8-10-22(11-9-20)27(24,25)14-15-4-2-3-5-16(15)19/h2-5,17H,6-14H2,1H3. The normalized spacial score (nSPS) is 22.5. The van der Waals surface area contributed by atoms with Crippen molar-refractivity contribution in [2.75, 3.05) is 53.0 Å². The topological polar surface area (TPSA) is 70.2 Å². The Labute approximate surface area is 165 Å². The van der Waals surface area contributed by atoms with Gasteiger partial charge in [0.2, 0.25) is 15.9 Å². The molecule has 150 valence electrons. The molecule has 0 aliphatic carbocycles. The van der Waals surface area contributed by atoms with Crippen molar-refractivity contribution in [2.45, 2.75) is 18.2 Å². The summed E-state index contributed by atoms with van der Waals surface area (Å²) in [5, 5.41) is 0.465. The highest BCUT2D eigenvalue weighted by Crippen LogP contribution is 2.23. The summed E-state index contributed by atoms with van der Waals surface area (Å²) >= 11 is 6.10. The van der Waals surface area contributed by atoms with Gasteiger partial charge in [-0.3, -0.25) is 9.69 Å². The van der Waals surface area contributed by atoms with E-state index in [1.807, 2.05) is 4.90 Å². The van der Waals surface area contributed by atoms with E-state index in [1.165, 1.54) is 4.31 Å². The molecule has 27 heavy (non-hydrogen) atoms. The van der Waals surface area contributed by atoms with Crippen LogP contribution in [0.25, 0.3) is 0 Å². The second-order valence-electron chi connectivity index (χ2n) is 6.91. The number of likely N-dealkylation sites (tertiary alicyclic amines) is 1. The maximum atomic E-state index is 12.7. The van der Waals surface area contributed by atoms with Crippen LogP contribution in [0.3, 0.4) is 0 Å². The molecule has 1 atom stereocenters. The molecule has 1 amide bonds. The molecule has 1 aromatic carbocycles. The molecule has 9 heteroatoms. The molecule has 2 aliphatic heterocycles. The Morgan fingerprint density at radius 3 is 2.52 bits per heavy atom. The molecule has 0 spiro atoms. The van der Waals surface area contributed by atoms with Gasteiger partial charge in [-0.2, -0.15) is 4.31 Å². The van der Waals surface area contributed by atoms with E-state index in [4.69, 9.17) is 16.3 Å². The number of sulfonamides is 1. The van der Waals surface area contributed by atoms with Gasteiger partial charge in [-0.15, -0.1) is 0 Å². The number of halogens is 1. The van der Waals surface area contributed by atoms with Gasteiger partial charge in [-0.1, -0.05) is 29.8 Å². The lowest BCUT2D eigenvalue weighted by Crippen LogP contribution is -2.54. The lowest BCUT2D eigenvalue weighted by atomic mass is 10.2. The van der Waals surface area contributed by atoms with Crippen LogP contribution in [0.4, 0.5) is 0 Å². The predicted octanol–water partition coefficient (Wildman–Crippen LogP) is 1.03. The van der Waals surface area contributed by atoms with Crippen LogP contribution in [0, 0.1) is 0 Å². The molecule has 3 rings (SSSR count). The van der Waals surface area contributed by atoms with E-state index < -0.39 is 10.0 Å². The summed E-state index contributed by atoms with van der Waals surface area (Å²) in [6.07, 6.45) is 0.787. The van der Waals surface area contributed by atoms with E-state index in [0.717, 1.165) is 13.0 Å². The summed E-state index contributed by atoms with van der Waals surface area (Å²) in [4.78, 5) is 16.5. The molecule has 2 heterocycles. The average molecular weight is 416 g/mol. The third-order valence-corrected chi connectivity index (χ3v) is 7.43. The van der Waals surface area contributed by atoms with Gasteiger partial charge in [0.1, 0.15) is 0 Å². The minimum atomic E-state index is -3.43. The summed E-state index contributed by atoms with van der Waals surface area (Å²) in [5.41, 5.74) is 0.612. The molecular weight excluding hydrogens is 390 g/mol. The van der Waals surface area contributed by atoms with E-state index >= 15 is 0 Å². The van der Waals surface area contributed by atoms with E-state index in [-0.39, 0.29) is 17.7 Å². The SMILES string of the molecule is COCCN1CCC(N2CCN(S(=O)(=O)Cc3ccccc3Cl)CC2)C1=O. The van der Waals surface area contributed by atoms with Crippen LogP contribution in [0.1, 0.15) is 12.0 Å². The van der Waals surface area contributed by atoms with Crippen molar-refractivity contribution in [1.82, 2.24) is 14.1 Å². The van der Waals surface area contributed by atoms with Crippen LogP contribution < -0.4 is 0 Å². The summed E-state index contributed by atoms with van der Waals surface area (Å²) in [5.74, 6) is 0.0271. The Kier molecular flexibility index (Phi) is 6.75. The maximum absolute atomic E-state index is 12.7. The summed E-state index contributed by atoms with van der Waals surface area (Å²) in [7, 11) is -1.81. The van der Waals surface area contributed by atoms with Gasteiger partial charge in [0, 0.05) is 51.4 Å². The number of amides is 1. The minimum Gasteiger partial charge on any atom is -0.383 e. The van der Waals surface area contributed by atoms with Crippen molar-refractivity contribution >= 4 is 27.5 Å².